The van der Waals surface area contributed by atoms with Crippen LogP contribution < -0.4 is 10.6 Å². The highest BCUT2D eigenvalue weighted by Gasteiger charge is 2.25. The van der Waals surface area contributed by atoms with Crippen molar-refractivity contribution in [2.75, 3.05) is 19.6 Å². The van der Waals surface area contributed by atoms with E-state index in [1.165, 1.54) is 17.5 Å². The summed E-state index contributed by atoms with van der Waals surface area (Å²) in [5, 5.41) is 15.7. The highest BCUT2D eigenvalue weighted by atomic mass is 35.5. The average molecular weight is 297 g/mol. The standard InChI is InChI=1S/C15H20N2O2.ClH/c18-14-9-16-7-13(14)8-17-15(19)12-5-4-10-2-1-3-11(10)6-12;/h4-6,13-14,16,18H,1-3,7-9H2,(H,17,19);1H. The number of benzene rings is 1. The first kappa shape index (κ1) is 15.3. The van der Waals surface area contributed by atoms with E-state index in [0.29, 0.717) is 13.1 Å². The van der Waals surface area contributed by atoms with Crippen molar-refractivity contribution in [3.63, 3.8) is 0 Å². The molecule has 2 atom stereocenters. The number of halogens is 1. The quantitative estimate of drug-likeness (QED) is 0.777. The van der Waals surface area contributed by atoms with Gasteiger partial charge >= 0.3 is 0 Å². The van der Waals surface area contributed by atoms with Gasteiger partial charge in [-0.2, -0.15) is 0 Å². The Morgan fingerprint density at radius 1 is 1.30 bits per heavy atom. The Kier molecular flexibility index (Phi) is 5.02. The SMILES string of the molecule is Cl.O=C(NCC1CNCC1O)c1ccc2c(c1)CCC2. The predicted molar refractivity (Wildman–Crippen MR) is 80.4 cm³/mol. The largest absolute Gasteiger partial charge is 0.391 e. The maximum atomic E-state index is 12.1. The van der Waals surface area contributed by atoms with Gasteiger partial charge in [-0.3, -0.25) is 4.79 Å². The molecule has 1 aromatic carbocycles. The van der Waals surface area contributed by atoms with Gasteiger partial charge in [0.1, 0.15) is 0 Å². The maximum Gasteiger partial charge on any atom is 0.251 e. The van der Waals surface area contributed by atoms with Gasteiger partial charge in [0, 0.05) is 31.1 Å². The molecular formula is C15H21ClN2O2. The summed E-state index contributed by atoms with van der Waals surface area (Å²) < 4.78 is 0. The first-order valence-electron chi connectivity index (χ1n) is 7.03. The molecule has 0 bridgehead atoms. The number of hydrogen-bond donors (Lipinski definition) is 3. The molecule has 1 fully saturated rings. The number of aliphatic hydroxyl groups excluding tert-OH is 1. The van der Waals surface area contributed by atoms with Gasteiger partial charge in [0.15, 0.2) is 0 Å². The Labute approximate surface area is 125 Å². The number of aliphatic hydroxyl groups is 1. The van der Waals surface area contributed by atoms with Crippen molar-refractivity contribution in [1.82, 2.24) is 10.6 Å². The second kappa shape index (κ2) is 6.57. The van der Waals surface area contributed by atoms with Crippen molar-refractivity contribution in [2.24, 2.45) is 5.92 Å². The lowest BCUT2D eigenvalue weighted by molar-refractivity contribution is 0.0927. The summed E-state index contributed by atoms with van der Waals surface area (Å²) in [5.74, 6) is 0.0900. The zero-order chi connectivity index (χ0) is 13.2. The number of β-amino-alcohol motifs (C(OH)–C–C–N with tert-alkyl or cyclic N) is 1. The molecule has 1 saturated heterocycles. The third kappa shape index (κ3) is 3.14. The molecule has 1 aliphatic carbocycles. The Balaban J connectivity index is 0.00000147. The van der Waals surface area contributed by atoms with Crippen molar-refractivity contribution in [2.45, 2.75) is 25.4 Å². The van der Waals surface area contributed by atoms with E-state index in [0.717, 1.165) is 24.9 Å². The lowest BCUT2D eigenvalue weighted by Gasteiger charge is -2.14. The molecule has 3 rings (SSSR count). The third-order valence-corrected chi connectivity index (χ3v) is 4.19. The molecular weight excluding hydrogens is 276 g/mol. The monoisotopic (exact) mass is 296 g/mol. The van der Waals surface area contributed by atoms with Gasteiger partial charge in [-0.15, -0.1) is 12.4 Å². The van der Waals surface area contributed by atoms with Crippen LogP contribution in [0.4, 0.5) is 0 Å². The smallest absolute Gasteiger partial charge is 0.251 e. The minimum Gasteiger partial charge on any atom is -0.391 e. The van der Waals surface area contributed by atoms with Gasteiger partial charge in [-0.05, 0) is 42.5 Å². The molecule has 0 spiro atoms. The van der Waals surface area contributed by atoms with Crippen molar-refractivity contribution in [1.29, 1.82) is 0 Å². The van der Waals surface area contributed by atoms with E-state index in [2.05, 4.69) is 16.7 Å². The number of rotatable bonds is 3. The summed E-state index contributed by atoms with van der Waals surface area (Å²) in [7, 11) is 0. The van der Waals surface area contributed by atoms with Crippen LogP contribution in [0.15, 0.2) is 18.2 Å². The lowest BCUT2D eigenvalue weighted by Crippen LogP contribution is -2.34. The Hall–Kier alpha value is -1.10. The summed E-state index contributed by atoms with van der Waals surface area (Å²) in [5.41, 5.74) is 3.43. The Morgan fingerprint density at radius 2 is 2.10 bits per heavy atom. The highest BCUT2D eigenvalue weighted by Crippen LogP contribution is 2.22. The van der Waals surface area contributed by atoms with Crippen LogP contribution in [0.1, 0.15) is 27.9 Å². The zero-order valence-corrected chi connectivity index (χ0v) is 12.2. The third-order valence-electron chi connectivity index (χ3n) is 4.19. The summed E-state index contributed by atoms with van der Waals surface area (Å²) in [6.07, 6.45) is 3.07. The van der Waals surface area contributed by atoms with Crippen molar-refractivity contribution in [3.8, 4) is 0 Å². The van der Waals surface area contributed by atoms with E-state index in [4.69, 9.17) is 0 Å². The number of fused-ring (bicyclic) bond motifs is 1. The van der Waals surface area contributed by atoms with Crippen LogP contribution in [0.2, 0.25) is 0 Å². The van der Waals surface area contributed by atoms with Crippen LogP contribution in [-0.2, 0) is 12.8 Å². The van der Waals surface area contributed by atoms with Crippen LogP contribution >= 0.6 is 12.4 Å². The Bertz CT molecular complexity index is 493. The van der Waals surface area contributed by atoms with Crippen LogP contribution in [0, 0.1) is 5.92 Å². The van der Waals surface area contributed by atoms with Gasteiger partial charge in [0.25, 0.3) is 5.91 Å². The Morgan fingerprint density at radius 3 is 2.85 bits per heavy atom. The number of nitrogens with one attached hydrogen (secondary N) is 2. The van der Waals surface area contributed by atoms with E-state index in [1.807, 2.05) is 12.1 Å². The molecule has 1 aromatic rings. The second-order valence-electron chi connectivity index (χ2n) is 5.53. The minimum absolute atomic E-state index is 0. The summed E-state index contributed by atoms with van der Waals surface area (Å²) in [6.45, 7) is 1.93. The molecule has 20 heavy (non-hydrogen) atoms. The molecule has 0 saturated carbocycles. The lowest BCUT2D eigenvalue weighted by atomic mass is 10.0. The molecule has 1 aliphatic heterocycles. The minimum atomic E-state index is -0.347. The average Bonchev–Trinajstić information content (AvgIpc) is 3.03. The van der Waals surface area contributed by atoms with Gasteiger partial charge in [-0.25, -0.2) is 0 Å². The highest BCUT2D eigenvalue weighted by molar-refractivity contribution is 5.94. The fourth-order valence-corrected chi connectivity index (χ4v) is 2.97. The molecule has 0 aromatic heterocycles. The van der Waals surface area contributed by atoms with Gasteiger partial charge < -0.3 is 15.7 Å². The summed E-state index contributed by atoms with van der Waals surface area (Å²) in [6, 6.07) is 5.99. The molecule has 1 amide bonds. The molecule has 2 unspecified atom stereocenters. The maximum absolute atomic E-state index is 12.1. The van der Waals surface area contributed by atoms with E-state index in [1.54, 1.807) is 0 Å². The van der Waals surface area contributed by atoms with Crippen LogP contribution in [0.3, 0.4) is 0 Å². The van der Waals surface area contributed by atoms with Crippen LogP contribution in [0.25, 0.3) is 0 Å². The van der Waals surface area contributed by atoms with Crippen molar-refractivity contribution in [3.05, 3.63) is 34.9 Å². The van der Waals surface area contributed by atoms with Crippen molar-refractivity contribution >= 4 is 18.3 Å². The van der Waals surface area contributed by atoms with Crippen LogP contribution in [-0.4, -0.2) is 36.8 Å². The number of carbonyl (C=O) groups excluding carboxylic acids is 1. The van der Waals surface area contributed by atoms with E-state index >= 15 is 0 Å². The number of amides is 1. The first-order chi connectivity index (χ1) is 9.24. The van der Waals surface area contributed by atoms with E-state index < -0.39 is 0 Å². The number of aryl methyl sites for hydroxylation is 2. The fraction of sp³-hybridized carbons (Fsp3) is 0.533. The van der Waals surface area contributed by atoms with Crippen LogP contribution in [0.5, 0.6) is 0 Å². The molecule has 0 radical (unpaired) electrons. The first-order valence-corrected chi connectivity index (χ1v) is 7.03. The molecule has 3 N–H and O–H groups in total. The topological polar surface area (TPSA) is 61.4 Å². The fourth-order valence-electron chi connectivity index (χ4n) is 2.97. The van der Waals surface area contributed by atoms with E-state index in [-0.39, 0.29) is 30.3 Å². The summed E-state index contributed by atoms with van der Waals surface area (Å²) in [4.78, 5) is 12.1. The summed E-state index contributed by atoms with van der Waals surface area (Å²) >= 11 is 0. The van der Waals surface area contributed by atoms with Crippen molar-refractivity contribution < 1.29 is 9.90 Å². The van der Waals surface area contributed by atoms with E-state index in [9.17, 15) is 9.90 Å². The van der Waals surface area contributed by atoms with Gasteiger partial charge in [0.2, 0.25) is 0 Å². The molecule has 1 heterocycles. The molecule has 110 valence electrons. The van der Waals surface area contributed by atoms with Gasteiger partial charge in [0.05, 0.1) is 6.10 Å². The number of carbonyl (C=O) groups is 1. The molecule has 5 heteroatoms. The normalized spacial score (nSPS) is 24.1. The molecule has 4 nitrogen and oxygen atoms in total. The second-order valence-corrected chi connectivity index (χ2v) is 5.53. The van der Waals surface area contributed by atoms with Gasteiger partial charge in [-0.1, -0.05) is 6.07 Å². The number of hydrogen-bond acceptors (Lipinski definition) is 3. The predicted octanol–water partition coefficient (Wildman–Crippen LogP) is 0.907. The zero-order valence-electron chi connectivity index (χ0n) is 11.4. The molecule has 2 aliphatic rings.